The Labute approximate surface area is 167 Å². The number of aryl methyl sites for hydroxylation is 2. The van der Waals surface area contributed by atoms with Gasteiger partial charge in [-0.15, -0.1) is 0 Å². The van der Waals surface area contributed by atoms with E-state index in [0.717, 1.165) is 0 Å². The van der Waals surface area contributed by atoms with E-state index in [9.17, 15) is 0 Å². The zero-order chi connectivity index (χ0) is 19.6. The largest absolute Gasteiger partial charge is 0.220 e. The fourth-order valence-corrected chi connectivity index (χ4v) is 5.10. The summed E-state index contributed by atoms with van der Waals surface area (Å²) >= 11 is 0. The molecule has 1 aliphatic rings. The maximum atomic E-state index is 2.40. The lowest BCUT2D eigenvalue weighted by molar-refractivity contribution is -0.659. The van der Waals surface area contributed by atoms with E-state index in [1.165, 1.54) is 55.4 Å². The molecule has 0 bridgehead atoms. The van der Waals surface area contributed by atoms with Crippen molar-refractivity contribution in [3.8, 4) is 22.4 Å². The highest BCUT2D eigenvalue weighted by Gasteiger charge is 2.40. The van der Waals surface area contributed by atoms with E-state index in [1.54, 1.807) is 0 Å². The third-order valence-electron chi connectivity index (χ3n) is 6.65. The Hall–Kier alpha value is -2.93. The van der Waals surface area contributed by atoms with Crippen LogP contribution in [0.1, 0.15) is 36.1 Å². The minimum absolute atomic E-state index is 0.0241. The summed E-state index contributed by atoms with van der Waals surface area (Å²) in [7, 11) is 2.17. The Morgan fingerprint density at radius 3 is 2.36 bits per heavy atom. The Morgan fingerprint density at radius 1 is 0.821 bits per heavy atom. The molecule has 0 fully saturated rings. The molecule has 1 heteroatoms. The third kappa shape index (κ3) is 2.16. The molecule has 0 aliphatic heterocycles. The van der Waals surface area contributed by atoms with Gasteiger partial charge in [0.15, 0.2) is 6.20 Å². The van der Waals surface area contributed by atoms with Crippen LogP contribution in [0.5, 0.6) is 0 Å². The first-order chi connectivity index (χ1) is 13.4. The molecule has 0 amide bonds. The summed E-state index contributed by atoms with van der Waals surface area (Å²) in [6.07, 6.45) is 2.20. The molecule has 1 aromatic heterocycles. The second-order valence-corrected chi connectivity index (χ2v) is 8.65. The monoisotopic (exact) mass is 364 g/mol. The Kier molecular flexibility index (Phi) is 3.55. The zero-order valence-corrected chi connectivity index (χ0v) is 17.3. The molecule has 0 unspecified atom stereocenters. The molecular formula is C27H26N+. The molecule has 0 saturated carbocycles. The Morgan fingerprint density at radius 2 is 1.54 bits per heavy atom. The van der Waals surface area contributed by atoms with Crippen molar-refractivity contribution in [2.75, 3.05) is 0 Å². The number of hydrogen-bond donors (Lipinski definition) is 0. The van der Waals surface area contributed by atoms with Gasteiger partial charge in [0, 0.05) is 11.5 Å². The van der Waals surface area contributed by atoms with Crippen LogP contribution in [0.15, 0.2) is 66.9 Å². The summed E-state index contributed by atoms with van der Waals surface area (Å²) in [5.41, 5.74) is 11.1. The van der Waals surface area contributed by atoms with E-state index >= 15 is 0 Å². The average Bonchev–Trinajstić information content (AvgIpc) is 2.91. The second-order valence-electron chi connectivity index (χ2n) is 8.65. The smallest absolute Gasteiger partial charge is 0.200 e. The van der Waals surface area contributed by atoms with Crippen molar-refractivity contribution >= 4 is 10.8 Å². The van der Waals surface area contributed by atoms with Crippen molar-refractivity contribution < 1.29 is 4.57 Å². The van der Waals surface area contributed by atoms with Crippen LogP contribution in [-0.4, -0.2) is 0 Å². The van der Waals surface area contributed by atoms with Crippen molar-refractivity contribution in [3.05, 3.63) is 89.1 Å². The molecule has 1 nitrogen and oxygen atoms in total. The predicted molar refractivity (Wildman–Crippen MR) is 118 cm³/mol. The normalized spacial score (nSPS) is 14.2. The average molecular weight is 365 g/mol. The fraction of sp³-hybridized carbons (Fsp3) is 0.222. The maximum absolute atomic E-state index is 2.40. The Bertz CT molecular complexity index is 1260. The van der Waals surface area contributed by atoms with Crippen LogP contribution in [0, 0.1) is 13.8 Å². The minimum Gasteiger partial charge on any atom is -0.200 e. The quantitative estimate of drug-likeness (QED) is 0.351. The van der Waals surface area contributed by atoms with Gasteiger partial charge in [-0.1, -0.05) is 62.4 Å². The number of pyridine rings is 1. The first-order valence-electron chi connectivity index (χ1n) is 10.0. The SMILES string of the molecule is Cc1cc2c(c(-c3c4ccccc4cc[n+]3C)c1C)C(C)(C)c1ccccc1-2. The van der Waals surface area contributed by atoms with Crippen molar-refractivity contribution in [1.82, 2.24) is 0 Å². The number of benzene rings is 3. The van der Waals surface area contributed by atoms with Gasteiger partial charge in [-0.3, -0.25) is 0 Å². The highest BCUT2D eigenvalue weighted by Crippen LogP contribution is 2.53. The molecule has 0 spiro atoms. The molecule has 138 valence electrons. The molecular weight excluding hydrogens is 338 g/mol. The molecule has 4 aromatic rings. The van der Waals surface area contributed by atoms with E-state index in [2.05, 4.69) is 106 Å². The van der Waals surface area contributed by atoms with Crippen LogP contribution in [-0.2, 0) is 12.5 Å². The van der Waals surface area contributed by atoms with Crippen LogP contribution < -0.4 is 4.57 Å². The Balaban J connectivity index is 1.98. The third-order valence-corrected chi connectivity index (χ3v) is 6.65. The van der Waals surface area contributed by atoms with Gasteiger partial charge >= 0.3 is 0 Å². The van der Waals surface area contributed by atoms with Crippen molar-refractivity contribution in [2.45, 2.75) is 33.1 Å². The molecule has 0 radical (unpaired) electrons. The van der Waals surface area contributed by atoms with Gasteiger partial charge in [0.1, 0.15) is 7.05 Å². The summed E-state index contributed by atoms with van der Waals surface area (Å²) < 4.78 is 2.30. The molecule has 0 atom stereocenters. The van der Waals surface area contributed by atoms with Gasteiger partial charge in [-0.2, -0.15) is 0 Å². The number of aromatic nitrogens is 1. The topological polar surface area (TPSA) is 3.88 Å². The lowest BCUT2D eigenvalue weighted by Crippen LogP contribution is -2.32. The maximum Gasteiger partial charge on any atom is 0.220 e. The summed E-state index contributed by atoms with van der Waals surface area (Å²) in [5, 5.41) is 2.61. The number of fused-ring (bicyclic) bond motifs is 4. The van der Waals surface area contributed by atoms with Gasteiger partial charge < -0.3 is 0 Å². The molecule has 0 N–H and O–H groups in total. The van der Waals surface area contributed by atoms with E-state index in [4.69, 9.17) is 0 Å². The molecule has 28 heavy (non-hydrogen) atoms. The number of rotatable bonds is 1. The van der Waals surface area contributed by atoms with Crippen molar-refractivity contribution in [1.29, 1.82) is 0 Å². The summed E-state index contributed by atoms with van der Waals surface area (Å²) in [6.45, 7) is 9.28. The first kappa shape index (κ1) is 17.2. The van der Waals surface area contributed by atoms with Crippen LogP contribution >= 0.6 is 0 Å². The van der Waals surface area contributed by atoms with Gasteiger partial charge in [0.2, 0.25) is 5.69 Å². The highest BCUT2D eigenvalue weighted by molar-refractivity contribution is 5.98. The van der Waals surface area contributed by atoms with Gasteiger partial charge in [-0.05, 0) is 58.7 Å². The van der Waals surface area contributed by atoms with Crippen LogP contribution in [0.25, 0.3) is 33.2 Å². The zero-order valence-electron chi connectivity index (χ0n) is 17.3. The standard InChI is InChI=1S/C27H26N/c1-17-16-22-21-12-8-9-13-23(21)27(3,4)25(22)24(18(17)2)26-20-11-7-6-10-19(20)14-15-28(26)5/h6-16H,1-5H3/q+1. The number of hydrogen-bond acceptors (Lipinski definition) is 0. The van der Waals surface area contributed by atoms with E-state index < -0.39 is 0 Å². The van der Waals surface area contributed by atoms with Gasteiger partial charge in [-0.25, -0.2) is 4.57 Å². The molecule has 3 aromatic carbocycles. The summed E-state index contributed by atoms with van der Waals surface area (Å²) in [5.74, 6) is 0. The van der Waals surface area contributed by atoms with E-state index in [0.29, 0.717) is 0 Å². The molecule has 1 heterocycles. The lowest BCUT2D eigenvalue weighted by Gasteiger charge is -2.25. The molecule has 0 saturated heterocycles. The minimum atomic E-state index is -0.0241. The first-order valence-corrected chi connectivity index (χ1v) is 10.0. The molecule has 1 aliphatic carbocycles. The highest BCUT2D eigenvalue weighted by atomic mass is 14.9. The van der Waals surface area contributed by atoms with Crippen LogP contribution in [0.4, 0.5) is 0 Å². The number of nitrogens with zero attached hydrogens (tertiary/aromatic N) is 1. The van der Waals surface area contributed by atoms with Gasteiger partial charge in [0.25, 0.3) is 0 Å². The summed E-state index contributed by atoms with van der Waals surface area (Å²) in [6, 6.07) is 22.3. The van der Waals surface area contributed by atoms with Crippen molar-refractivity contribution in [2.24, 2.45) is 7.05 Å². The molecule has 5 rings (SSSR count). The second kappa shape index (κ2) is 5.78. The predicted octanol–water partition coefficient (Wildman–Crippen LogP) is 6.25. The van der Waals surface area contributed by atoms with Gasteiger partial charge in [0.05, 0.1) is 10.9 Å². The van der Waals surface area contributed by atoms with E-state index in [-0.39, 0.29) is 5.41 Å². The van der Waals surface area contributed by atoms with Crippen molar-refractivity contribution in [3.63, 3.8) is 0 Å². The lowest BCUT2D eigenvalue weighted by atomic mass is 9.77. The van der Waals surface area contributed by atoms with E-state index in [1.807, 2.05) is 0 Å². The summed E-state index contributed by atoms with van der Waals surface area (Å²) in [4.78, 5) is 0. The van der Waals surface area contributed by atoms with Crippen LogP contribution in [0.2, 0.25) is 0 Å². The fourth-order valence-electron chi connectivity index (χ4n) is 5.10. The van der Waals surface area contributed by atoms with Crippen LogP contribution in [0.3, 0.4) is 0 Å².